The third kappa shape index (κ3) is 3.64. The third-order valence-corrected chi connectivity index (χ3v) is 5.23. The summed E-state index contributed by atoms with van der Waals surface area (Å²) in [6.07, 6.45) is 1.14. The molecule has 0 radical (unpaired) electrons. The van der Waals surface area contributed by atoms with Crippen LogP contribution < -0.4 is 10.0 Å². The number of nitrogens with zero attached hydrogens (tertiary/aromatic N) is 1. The van der Waals surface area contributed by atoms with E-state index in [1.54, 1.807) is 12.1 Å². The maximum absolute atomic E-state index is 11.4. The second-order valence-electron chi connectivity index (χ2n) is 7.06. The van der Waals surface area contributed by atoms with Crippen LogP contribution >= 0.6 is 0 Å². The number of pyridine rings is 1. The SMILES string of the molecule is Cc1ccc2c(Nc3ccc(NS(C)(=O)=O)cc3)c3cccc(C)c3nc2c1. The number of aromatic nitrogens is 1. The van der Waals surface area contributed by atoms with Crippen molar-refractivity contribution in [2.75, 3.05) is 16.3 Å². The van der Waals surface area contributed by atoms with E-state index in [2.05, 4.69) is 54.2 Å². The Labute approximate surface area is 164 Å². The summed E-state index contributed by atoms with van der Waals surface area (Å²) in [6, 6.07) is 19.6. The predicted molar refractivity (Wildman–Crippen MR) is 117 cm³/mol. The molecular formula is C22H21N3O2S. The second kappa shape index (κ2) is 6.80. The summed E-state index contributed by atoms with van der Waals surface area (Å²) in [7, 11) is -3.29. The lowest BCUT2D eigenvalue weighted by atomic mass is 10.0. The Morgan fingerprint density at radius 3 is 2.29 bits per heavy atom. The van der Waals surface area contributed by atoms with Gasteiger partial charge in [-0.25, -0.2) is 13.4 Å². The van der Waals surface area contributed by atoms with Crippen LogP contribution in [0.2, 0.25) is 0 Å². The van der Waals surface area contributed by atoms with Gasteiger partial charge < -0.3 is 5.32 Å². The van der Waals surface area contributed by atoms with Crippen molar-refractivity contribution in [3.8, 4) is 0 Å². The highest BCUT2D eigenvalue weighted by atomic mass is 32.2. The molecule has 28 heavy (non-hydrogen) atoms. The lowest BCUT2D eigenvalue weighted by Gasteiger charge is -2.15. The van der Waals surface area contributed by atoms with Crippen molar-refractivity contribution in [2.45, 2.75) is 13.8 Å². The number of para-hydroxylation sites is 1. The number of aryl methyl sites for hydroxylation is 2. The van der Waals surface area contributed by atoms with Crippen molar-refractivity contribution in [3.05, 3.63) is 71.8 Å². The van der Waals surface area contributed by atoms with E-state index in [9.17, 15) is 8.42 Å². The summed E-state index contributed by atoms with van der Waals surface area (Å²) in [5.41, 5.74) is 6.59. The molecular weight excluding hydrogens is 370 g/mol. The summed E-state index contributed by atoms with van der Waals surface area (Å²) in [6.45, 7) is 4.12. The van der Waals surface area contributed by atoms with Gasteiger partial charge in [-0.3, -0.25) is 4.72 Å². The fourth-order valence-electron chi connectivity index (χ4n) is 3.33. The van der Waals surface area contributed by atoms with Crippen molar-refractivity contribution >= 4 is 48.9 Å². The standard InChI is InChI=1S/C22H21N3O2S/c1-14-7-12-18-20(13-14)24-21-15(2)5-4-6-19(21)22(18)23-16-8-10-17(11-9-16)25-28(3,26)27/h4-13,25H,1-3H3,(H,23,24). The molecule has 0 aliphatic heterocycles. The predicted octanol–water partition coefficient (Wildman–Crippen LogP) is 5.12. The first-order chi connectivity index (χ1) is 13.3. The summed E-state index contributed by atoms with van der Waals surface area (Å²) >= 11 is 0. The van der Waals surface area contributed by atoms with Gasteiger partial charge in [-0.05, 0) is 55.3 Å². The van der Waals surface area contributed by atoms with Gasteiger partial charge in [0.05, 0.1) is 23.0 Å². The fraction of sp³-hybridized carbons (Fsp3) is 0.136. The molecule has 0 aliphatic carbocycles. The van der Waals surface area contributed by atoms with Crippen molar-refractivity contribution in [2.24, 2.45) is 0 Å². The van der Waals surface area contributed by atoms with E-state index < -0.39 is 10.0 Å². The van der Waals surface area contributed by atoms with Crippen LogP contribution in [0.3, 0.4) is 0 Å². The zero-order valence-corrected chi connectivity index (χ0v) is 16.8. The Balaban J connectivity index is 1.84. The van der Waals surface area contributed by atoms with Gasteiger partial charge in [-0.1, -0.05) is 30.3 Å². The van der Waals surface area contributed by atoms with Gasteiger partial charge in [-0.2, -0.15) is 0 Å². The highest BCUT2D eigenvalue weighted by molar-refractivity contribution is 7.92. The number of sulfonamides is 1. The monoisotopic (exact) mass is 391 g/mol. The number of benzene rings is 3. The topological polar surface area (TPSA) is 71.1 Å². The van der Waals surface area contributed by atoms with E-state index in [4.69, 9.17) is 4.98 Å². The van der Waals surface area contributed by atoms with Gasteiger partial charge in [-0.15, -0.1) is 0 Å². The lowest BCUT2D eigenvalue weighted by Crippen LogP contribution is -2.09. The number of hydrogen-bond donors (Lipinski definition) is 2. The number of rotatable bonds is 4. The minimum absolute atomic E-state index is 0.531. The van der Waals surface area contributed by atoms with Crippen LogP contribution in [0.4, 0.5) is 17.1 Å². The minimum Gasteiger partial charge on any atom is -0.354 e. The molecule has 0 bridgehead atoms. The molecule has 0 fully saturated rings. The molecule has 4 aromatic rings. The molecule has 0 atom stereocenters. The Hall–Kier alpha value is -3.12. The van der Waals surface area contributed by atoms with E-state index >= 15 is 0 Å². The summed E-state index contributed by atoms with van der Waals surface area (Å²) < 4.78 is 25.3. The van der Waals surface area contributed by atoms with Crippen LogP contribution in [0.1, 0.15) is 11.1 Å². The summed E-state index contributed by atoms with van der Waals surface area (Å²) in [5.74, 6) is 0. The van der Waals surface area contributed by atoms with Crippen LogP contribution in [-0.4, -0.2) is 19.7 Å². The van der Waals surface area contributed by atoms with Gasteiger partial charge in [0.1, 0.15) is 0 Å². The minimum atomic E-state index is -3.29. The molecule has 0 unspecified atom stereocenters. The number of anilines is 3. The molecule has 1 heterocycles. The molecule has 0 saturated carbocycles. The maximum atomic E-state index is 11.4. The van der Waals surface area contributed by atoms with E-state index in [0.717, 1.165) is 50.6 Å². The molecule has 6 heteroatoms. The van der Waals surface area contributed by atoms with Crippen molar-refractivity contribution in [1.29, 1.82) is 0 Å². The Morgan fingerprint density at radius 2 is 1.57 bits per heavy atom. The smallest absolute Gasteiger partial charge is 0.229 e. The van der Waals surface area contributed by atoms with E-state index in [1.807, 2.05) is 18.2 Å². The van der Waals surface area contributed by atoms with Crippen molar-refractivity contribution < 1.29 is 8.42 Å². The van der Waals surface area contributed by atoms with Crippen molar-refractivity contribution in [3.63, 3.8) is 0 Å². The van der Waals surface area contributed by atoms with E-state index in [0.29, 0.717) is 5.69 Å². The quantitative estimate of drug-likeness (QED) is 0.474. The van der Waals surface area contributed by atoms with Gasteiger partial charge in [0, 0.05) is 22.1 Å². The Kier molecular flexibility index (Phi) is 4.43. The molecule has 0 saturated heterocycles. The Morgan fingerprint density at radius 1 is 0.857 bits per heavy atom. The fourth-order valence-corrected chi connectivity index (χ4v) is 3.90. The molecule has 0 spiro atoms. The highest BCUT2D eigenvalue weighted by Gasteiger charge is 2.11. The normalized spacial score (nSPS) is 11.7. The number of nitrogens with one attached hydrogen (secondary N) is 2. The molecule has 0 amide bonds. The molecule has 1 aromatic heterocycles. The van der Waals surface area contributed by atoms with Crippen LogP contribution in [0, 0.1) is 13.8 Å². The first-order valence-electron chi connectivity index (χ1n) is 8.95. The lowest BCUT2D eigenvalue weighted by molar-refractivity contribution is 0.607. The van der Waals surface area contributed by atoms with Crippen LogP contribution in [0.25, 0.3) is 21.8 Å². The molecule has 142 valence electrons. The van der Waals surface area contributed by atoms with Gasteiger partial charge in [0.25, 0.3) is 0 Å². The average molecular weight is 391 g/mol. The third-order valence-electron chi connectivity index (χ3n) is 4.62. The van der Waals surface area contributed by atoms with Crippen LogP contribution in [-0.2, 0) is 10.0 Å². The van der Waals surface area contributed by atoms with Gasteiger partial charge in [0.15, 0.2) is 0 Å². The van der Waals surface area contributed by atoms with E-state index in [-0.39, 0.29) is 0 Å². The van der Waals surface area contributed by atoms with Crippen molar-refractivity contribution in [1.82, 2.24) is 4.98 Å². The zero-order chi connectivity index (χ0) is 19.9. The molecule has 3 aromatic carbocycles. The summed E-state index contributed by atoms with van der Waals surface area (Å²) in [5, 5.41) is 5.60. The second-order valence-corrected chi connectivity index (χ2v) is 8.80. The average Bonchev–Trinajstić information content (AvgIpc) is 2.62. The maximum Gasteiger partial charge on any atom is 0.229 e. The number of hydrogen-bond acceptors (Lipinski definition) is 4. The number of fused-ring (bicyclic) bond motifs is 2. The first kappa shape index (κ1) is 18.3. The largest absolute Gasteiger partial charge is 0.354 e. The zero-order valence-electron chi connectivity index (χ0n) is 15.9. The molecule has 0 aliphatic rings. The molecule has 4 rings (SSSR count). The molecule has 5 nitrogen and oxygen atoms in total. The van der Waals surface area contributed by atoms with E-state index in [1.165, 1.54) is 0 Å². The Bertz CT molecular complexity index is 1300. The van der Waals surface area contributed by atoms with Crippen LogP contribution in [0.5, 0.6) is 0 Å². The van der Waals surface area contributed by atoms with Gasteiger partial charge in [0.2, 0.25) is 10.0 Å². The first-order valence-corrected chi connectivity index (χ1v) is 10.8. The van der Waals surface area contributed by atoms with Gasteiger partial charge >= 0.3 is 0 Å². The van der Waals surface area contributed by atoms with Crippen LogP contribution in [0.15, 0.2) is 60.7 Å². The highest BCUT2D eigenvalue weighted by Crippen LogP contribution is 2.34. The summed E-state index contributed by atoms with van der Waals surface area (Å²) in [4.78, 5) is 4.88. The molecule has 2 N–H and O–H groups in total.